The minimum Gasteiger partial charge on any atom is -0.364 e. The molecule has 1 aliphatic rings. The summed E-state index contributed by atoms with van der Waals surface area (Å²) >= 11 is 1.05. The van der Waals surface area contributed by atoms with Crippen LogP contribution in [-0.4, -0.2) is 49.4 Å². The van der Waals surface area contributed by atoms with E-state index in [4.69, 9.17) is 10.2 Å². The second-order valence-electron chi connectivity index (χ2n) is 9.87. The number of fused-ring (bicyclic) bond motifs is 2. The molecular weight excluding hydrogens is 508 g/mol. The molecule has 0 radical (unpaired) electrons. The molecule has 11 heteroatoms. The zero-order valence-electron chi connectivity index (χ0n) is 21.9. The lowest BCUT2D eigenvalue weighted by molar-refractivity contribution is 0.0993. The van der Waals surface area contributed by atoms with E-state index in [1.54, 1.807) is 28.6 Å². The fraction of sp³-hybridized carbons (Fsp3) is 0.481. The number of thiophene rings is 1. The molecule has 0 bridgehead atoms. The van der Waals surface area contributed by atoms with Crippen LogP contribution in [0.15, 0.2) is 35.3 Å². The molecule has 1 aliphatic heterocycles. The van der Waals surface area contributed by atoms with Gasteiger partial charge in [0.2, 0.25) is 0 Å². The lowest BCUT2D eigenvalue weighted by Crippen LogP contribution is -2.58. The van der Waals surface area contributed by atoms with E-state index < -0.39 is 6.43 Å². The number of rotatable bonds is 7. The Balaban J connectivity index is 1.49. The Morgan fingerprint density at radius 2 is 1.95 bits per heavy atom. The highest BCUT2D eigenvalue weighted by Crippen LogP contribution is 2.36. The predicted octanol–water partition coefficient (Wildman–Crippen LogP) is 5.25. The lowest BCUT2D eigenvalue weighted by atomic mass is 9.98. The first-order chi connectivity index (χ1) is 18.2. The van der Waals surface area contributed by atoms with Gasteiger partial charge in [-0.1, -0.05) is 19.9 Å². The van der Waals surface area contributed by atoms with Crippen molar-refractivity contribution in [2.45, 2.75) is 64.7 Å². The summed E-state index contributed by atoms with van der Waals surface area (Å²) in [7, 11) is 1.72. The molecule has 0 amide bonds. The Hall–Kier alpha value is -3.36. The van der Waals surface area contributed by atoms with E-state index in [0.29, 0.717) is 16.9 Å². The van der Waals surface area contributed by atoms with Crippen molar-refractivity contribution < 1.29 is 8.78 Å². The molecule has 4 aromatic rings. The van der Waals surface area contributed by atoms with Gasteiger partial charge in [-0.05, 0) is 31.9 Å². The van der Waals surface area contributed by atoms with Crippen LogP contribution in [0.25, 0.3) is 21.3 Å². The SMILES string of the molecule is CC[C@H]1CN(C(C)c2ccc3cc(C(F)F)sc3n2)[C@H](CC)CN1c1cc(=O)n(C)c2cn(CC#N)nc12. The summed E-state index contributed by atoms with van der Waals surface area (Å²) in [6.45, 7) is 8.01. The van der Waals surface area contributed by atoms with Crippen LogP contribution in [0, 0.1) is 11.3 Å². The van der Waals surface area contributed by atoms with Crippen LogP contribution in [0.1, 0.15) is 56.7 Å². The van der Waals surface area contributed by atoms with Gasteiger partial charge >= 0.3 is 0 Å². The van der Waals surface area contributed by atoms with E-state index in [0.717, 1.165) is 53.0 Å². The van der Waals surface area contributed by atoms with Crippen molar-refractivity contribution in [1.29, 1.82) is 5.26 Å². The van der Waals surface area contributed by atoms with E-state index in [1.165, 1.54) is 6.07 Å². The molecule has 0 aliphatic carbocycles. The van der Waals surface area contributed by atoms with Gasteiger partial charge in [0.1, 0.15) is 16.9 Å². The van der Waals surface area contributed by atoms with Crippen molar-refractivity contribution in [2.24, 2.45) is 7.05 Å². The number of alkyl halides is 2. The highest BCUT2D eigenvalue weighted by molar-refractivity contribution is 7.18. The maximum Gasteiger partial charge on any atom is 0.272 e. The molecule has 0 N–H and O–H groups in total. The van der Waals surface area contributed by atoms with Gasteiger partial charge in [0.15, 0.2) is 0 Å². The summed E-state index contributed by atoms with van der Waals surface area (Å²) in [6, 6.07) is 9.45. The molecule has 5 rings (SSSR count). The number of aryl methyl sites for hydroxylation is 1. The first-order valence-corrected chi connectivity index (χ1v) is 13.7. The summed E-state index contributed by atoms with van der Waals surface area (Å²) in [6.07, 6.45) is 1.02. The summed E-state index contributed by atoms with van der Waals surface area (Å²) < 4.78 is 29.6. The standard InChI is InChI=1S/C27H31F2N7OS/c1-5-18-14-36(21-12-24(37)33(4)22-15-34(10-9-30)32-25(21)22)19(6-2)13-35(18)16(3)20-8-7-17-11-23(26(28)29)38-27(17)31-20/h7-8,11-12,15-16,18-19,26H,5-6,10,13-14H2,1-4H3/t16?,18-,19+/m1/s1. The zero-order chi connectivity index (χ0) is 27.1. The number of aromatic nitrogens is 4. The molecule has 3 atom stereocenters. The Morgan fingerprint density at radius 1 is 1.18 bits per heavy atom. The molecule has 0 spiro atoms. The quantitative estimate of drug-likeness (QED) is 0.319. The van der Waals surface area contributed by atoms with E-state index in [9.17, 15) is 13.6 Å². The number of hydrogen-bond donors (Lipinski definition) is 0. The smallest absolute Gasteiger partial charge is 0.272 e. The number of pyridine rings is 2. The normalized spacial score (nSPS) is 19.5. The van der Waals surface area contributed by atoms with E-state index in [-0.39, 0.29) is 35.1 Å². The monoisotopic (exact) mass is 539 g/mol. The number of nitriles is 1. The Morgan fingerprint density at radius 3 is 2.63 bits per heavy atom. The average molecular weight is 540 g/mol. The maximum atomic E-state index is 13.2. The van der Waals surface area contributed by atoms with Gasteiger partial charge in [-0.25, -0.2) is 13.8 Å². The van der Waals surface area contributed by atoms with Crippen LogP contribution in [0.5, 0.6) is 0 Å². The molecule has 4 aromatic heterocycles. The summed E-state index contributed by atoms with van der Waals surface area (Å²) in [4.78, 5) is 23.1. The van der Waals surface area contributed by atoms with Crippen molar-refractivity contribution in [3.63, 3.8) is 0 Å². The summed E-state index contributed by atoms with van der Waals surface area (Å²) in [5, 5.41) is 14.6. The molecule has 1 fully saturated rings. The first kappa shape index (κ1) is 26.3. The van der Waals surface area contributed by atoms with Gasteiger partial charge in [0.25, 0.3) is 12.0 Å². The van der Waals surface area contributed by atoms with Crippen LogP contribution in [0.2, 0.25) is 0 Å². The van der Waals surface area contributed by atoms with Crippen LogP contribution in [-0.2, 0) is 13.6 Å². The highest BCUT2D eigenvalue weighted by atomic mass is 32.1. The minimum atomic E-state index is -2.49. The van der Waals surface area contributed by atoms with E-state index in [2.05, 4.69) is 41.7 Å². The van der Waals surface area contributed by atoms with Crippen LogP contribution < -0.4 is 10.5 Å². The molecule has 200 valence electrons. The average Bonchev–Trinajstić information content (AvgIpc) is 3.54. The summed E-state index contributed by atoms with van der Waals surface area (Å²) in [5.41, 5.74) is 2.98. The molecule has 1 unspecified atom stereocenters. The van der Waals surface area contributed by atoms with E-state index in [1.807, 2.05) is 12.1 Å². The molecule has 38 heavy (non-hydrogen) atoms. The Bertz CT molecular complexity index is 1570. The maximum absolute atomic E-state index is 13.2. The van der Waals surface area contributed by atoms with Gasteiger partial charge in [-0.15, -0.1) is 11.3 Å². The van der Waals surface area contributed by atoms with Crippen LogP contribution in [0.3, 0.4) is 0 Å². The second kappa shape index (κ2) is 10.4. The molecule has 0 aromatic carbocycles. The zero-order valence-corrected chi connectivity index (χ0v) is 22.8. The number of piperazine rings is 1. The molecule has 8 nitrogen and oxygen atoms in total. The van der Waals surface area contributed by atoms with Crippen molar-refractivity contribution in [2.75, 3.05) is 18.0 Å². The molecule has 5 heterocycles. The predicted molar refractivity (Wildman–Crippen MR) is 146 cm³/mol. The Labute approximate surface area is 223 Å². The van der Waals surface area contributed by atoms with Gasteiger partial charge < -0.3 is 9.47 Å². The third-order valence-corrected chi connectivity index (χ3v) is 8.78. The number of anilines is 1. The highest BCUT2D eigenvalue weighted by Gasteiger charge is 2.36. The molecule has 1 saturated heterocycles. The third kappa shape index (κ3) is 4.56. The number of nitrogens with zero attached hydrogens (tertiary/aromatic N) is 7. The van der Waals surface area contributed by atoms with Gasteiger partial charge in [0.05, 0.1) is 34.0 Å². The van der Waals surface area contributed by atoms with Gasteiger partial charge in [-0.3, -0.25) is 14.4 Å². The second-order valence-corrected chi connectivity index (χ2v) is 10.9. The minimum absolute atomic E-state index is 0.00357. The van der Waals surface area contributed by atoms with Crippen molar-refractivity contribution in [3.8, 4) is 6.07 Å². The van der Waals surface area contributed by atoms with Crippen molar-refractivity contribution in [1.82, 2.24) is 24.2 Å². The molecular formula is C27H31F2N7OS. The van der Waals surface area contributed by atoms with Crippen molar-refractivity contribution in [3.05, 3.63) is 51.4 Å². The Kier molecular flexibility index (Phi) is 7.20. The lowest BCUT2D eigenvalue weighted by Gasteiger charge is -2.49. The van der Waals surface area contributed by atoms with Crippen LogP contribution >= 0.6 is 11.3 Å². The largest absolute Gasteiger partial charge is 0.364 e. The fourth-order valence-corrected chi connectivity index (χ4v) is 6.42. The van der Waals surface area contributed by atoms with Gasteiger partial charge in [0, 0.05) is 49.7 Å². The first-order valence-electron chi connectivity index (χ1n) is 12.9. The third-order valence-electron chi connectivity index (χ3n) is 7.72. The van der Waals surface area contributed by atoms with E-state index >= 15 is 0 Å². The summed E-state index contributed by atoms with van der Waals surface area (Å²) in [5.74, 6) is 0. The number of halogens is 2. The van der Waals surface area contributed by atoms with Crippen molar-refractivity contribution >= 4 is 38.3 Å². The van der Waals surface area contributed by atoms with Crippen LogP contribution in [0.4, 0.5) is 14.5 Å². The molecule has 0 saturated carbocycles. The topological polar surface area (TPSA) is 83.0 Å². The number of hydrogen-bond acceptors (Lipinski definition) is 7. The van der Waals surface area contributed by atoms with Gasteiger partial charge in [-0.2, -0.15) is 10.4 Å². The fourth-order valence-electron chi connectivity index (χ4n) is 5.53.